The van der Waals surface area contributed by atoms with E-state index in [1.54, 1.807) is 89.4 Å². The quantitative estimate of drug-likeness (QED) is 0.0155. The Kier molecular flexibility index (Phi) is 44.8. The van der Waals surface area contributed by atoms with Gasteiger partial charge in [-0.3, -0.25) is 33.1 Å². The number of thiophene rings is 4. The number of thiol groups is 1. The van der Waals surface area contributed by atoms with Crippen molar-refractivity contribution in [3.05, 3.63) is 210 Å². The van der Waals surface area contributed by atoms with Crippen molar-refractivity contribution >= 4 is 319 Å². The maximum atomic E-state index is 12.1. The number of fused-ring (bicyclic) bond motifs is 4. The van der Waals surface area contributed by atoms with Crippen LogP contribution in [0.4, 0.5) is 5.95 Å². The van der Waals surface area contributed by atoms with E-state index in [9.17, 15) is 24.0 Å². The molecule has 0 aliphatic heterocycles. The Morgan fingerprint density at radius 3 is 1.40 bits per heavy atom. The number of carbonyl (C=O) groups is 5. The van der Waals surface area contributed by atoms with Gasteiger partial charge in [-0.25, -0.2) is 40.1 Å². The Morgan fingerprint density at radius 1 is 0.616 bits per heavy atom. The molecule has 0 amide bonds. The average Bonchev–Trinajstić information content (AvgIpc) is 1.66. The number of thioether (sulfide) groups is 1. The highest BCUT2D eigenvalue weighted by Crippen LogP contribution is 2.39. The van der Waals surface area contributed by atoms with Crippen LogP contribution in [0.1, 0.15) is 69.3 Å². The Morgan fingerprint density at radius 2 is 1.00 bits per heavy atom. The Hall–Kier alpha value is -2.45. The molecule has 11 aromatic rings. The van der Waals surface area contributed by atoms with Gasteiger partial charge < -0.3 is 10.6 Å². The molecule has 0 unspecified atom stereocenters. The maximum absolute atomic E-state index is 12.1. The predicted molar refractivity (Wildman–Crippen MR) is 455 cm³/mol. The molecule has 99 heavy (non-hydrogen) atoms. The molecule has 0 aliphatic rings. The maximum Gasteiger partial charge on any atom is 0.643 e. The smallest absolute Gasteiger partial charge is 0.383 e. The minimum atomic E-state index is -4.67. The molecule has 0 radical (unpaired) electrons. The molecule has 13 nitrogen and oxygen atoms in total. The first kappa shape index (κ1) is 92.6. The summed E-state index contributed by atoms with van der Waals surface area (Å²) in [6, 6.07) is 42.6. The highest BCUT2D eigenvalue weighted by molar-refractivity contribution is 9.11. The summed E-state index contributed by atoms with van der Waals surface area (Å²) in [5.41, 5.74) is 11.3. The van der Waals surface area contributed by atoms with Crippen LogP contribution in [-0.4, -0.2) is 97.3 Å². The standard InChI is InChI=1S/C14H14BrNOS.C13H10BrN3S.C11H9BrOS.C9H9BrOS.C9H7BrS.C6H5BrS.C3H5BrO.C2H3ClO.Al.3ClH.H2O4S/c1-9-11-8-10(15)4-5-13(11)18-14(9)12(17)6-7-16(2)3;1-7-9-6-8(14)2-3-11(9)18-12(7)10-4-5-16-13(15)17-10;1-6-9-5-8(12)3-4-10(9)14-11(6)7(2)13;1-7(11)6-12-9-4-2-8(10)3-5-9;1-6-5-11-9-3-2-7(10)4-8(6)9;7-5-1-3-6(8)4-2-5;1-3(5)2-4;1-2(3)4;;;;;1-5(2,3)4/h4-8H,1-3H3;2-6H,1H3,(H2,15,16,17);3-5H,1-2H3;2-5H,6H2,1H3;2-5H,1H3;1-4,8H;2H2,1H3;1H3;;3*1H;(H2,1,2,3,4)/q;;;;;;;;+3;;;;/p-3/b7-6+;;;;;;;;;;;;. The topological polar surface area (TPSA) is 215 Å². The lowest BCUT2D eigenvalue weighted by Gasteiger charge is -2.02. The molecule has 4 N–H and O–H groups in total. The Bertz CT molecular complexity index is 4590. The van der Waals surface area contributed by atoms with E-state index in [4.69, 9.17) is 53.4 Å². The zero-order chi connectivity index (χ0) is 75.0. The first-order valence-corrected chi connectivity index (χ1v) is 45.7. The molecule has 6 aromatic carbocycles. The van der Waals surface area contributed by atoms with E-state index in [1.165, 1.54) is 55.2 Å². The van der Waals surface area contributed by atoms with Gasteiger partial charge in [-0.05, 0) is 237 Å². The number of hydrogen-bond donors (Lipinski definition) is 4. The molecule has 0 fully saturated rings. The van der Waals surface area contributed by atoms with Crippen LogP contribution >= 0.6 is 223 Å². The van der Waals surface area contributed by atoms with Gasteiger partial charge in [-0.15, -0.1) is 69.7 Å². The molecule has 5 aromatic heterocycles. The van der Waals surface area contributed by atoms with E-state index < -0.39 is 21.8 Å². The van der Waals surface area contributed by atoms with Crippen LogP contribution < -0.4 is 5.73 Å². The number of benzene rings is 6. The zero-order valence-electron chi connectivity index (χ0n) is 54.2. The van der Waals surface area contributed by atoms with Gasteiger partial charge in [-0.2, -0.15) is 8.42 Å². The van der Waals surface area contributed by atoms with Crippen LogP contribution in [0, 0.1) is 27.7 Å². The van der Waals surface area contributed by atoms with Gasteiger partial charge in [0.05, 0.1) is 31.4 Å². The van der Waals surface area contributed by atoms with Gasteiger partial charge in [0, 0.05) is 94.9 Å². The number of rotatable bonds is 9. The number of hydrogen-bond acceptors (Lipinski definition) is 17. The highest BCUT2D eigenvalue weighted by atomic mass is 79.9. The summed E-state index contributed by atoms with van der Waals surface area (Å²) < 4.78 is 43.0. The fraction of sp³-hybridized carbons (Fsp3) is 0.179. The zero-order valence-corrected chi connectivity index (χ0v) is 75.2. The van der Waals surface area contributed by atoms with Crippen molar-refractivity contribution in [2.45, 2.75) is 65.2 Å². The highest BCUT2D eigenvalue weighted by Gasteiger charge is 2.15. The molecule has 11 rings (SSSR count). The third kappa shape index (κ3) is 37.9. The largest absolute Gasteiger partial charge is 0.643 e. The van der Waals surface area contributed by atoms with Gasteiger partial charge in [0.1, 0.15) is 11.6 Å². The molecule has 0 aliphatic carbocycles. The van der Waals surface area contributed by atoms with E-state index in [-0.39, 0.29) is 28.4 Å². The van der Waals surface area contributed by atoms with Crippen molar-refractivity contribution in [2.24, 2.45) is 0 Å². The fourth-order valence-corrected chi connectivity index (χ4v) is 14.6. The molecule has 0 bridgehead atoms. The number of allylic oxidation sites excluding steroid dienone is 1. The molecule has 0 atom stereocenters. The molecule has 0 saturated carbocycles. The molecule has 0 saturated heterocycles. The summed E-state index contributed by atoms with van der Waals surface area (Å²) in [6.07, 6.45) is 5.09. The predicted octanol–water partition coefficient (Wildman–Crippen LogP) is 25.0. The second kappa shape index (κ2) is 47.9. The van der Waals surface area contributed by atoms with E-state index in [1.807, 2.05) is 112 Å². The molecule has 0 spiro atoms. The number of carbonyl (C=O) groups excluding carboxylic acids is 5. The number of aromatic nitrogens is 2. The fourth-order valence-electron chi connectivity index (χ4n) is 7.47. The lowest BCUT2D eigenvalue weighted by atomic mass is 10.1. The van der Waals surface area contributed by atoms with Crippen molar-refractivity contribution in [3.8, 4) is 10.6 Å². The monoisotopic (exact) mass is 2010 g/mol. The van der Waals surface area contributed by atoms with Crippen molar-refractivity contribution < 1.29 is 41.5 Å². The van der Waals surface area contributed by atoms with Gasteiger partial charge in [0.15, 0.2) is 11.6 Å². The Balaban J connectivity index is 0.000000389. The van der Waals surface area contributed by atoms with Crippen molar-refractivity contribution in [1.82, 2.24) is 14.9 Å². The van der Waals surface area contributed by atoms with Gasteiger partial charge in [0.2, 0.25) is 11.2 Å². The van der Waals surface area contributed by atoms with E-state index in [2.05, 4.69) is 213 Å². The van der Waals surface area contributed by atoms with E-state index in [0.29, 0.717) is 17.0 Å². The second-order valence-corrected chi connectivity index (χ2v) is 39.6. The first-order valence-electron chi connectivity index (χ1n) is 28.0. The number of Topliss-reactive ketones (excluding diaryl/α,β-unsaturated/α-hetero) is 3. The molecule has 32 heteroatoms. The van der Waals surface area contributed by atoms with Crippen LogP contribution in [0.25, 0.3) is 50.9 Å². The van der Waals surface area contributed by atoms with Gasteiger partial charge in [-0.1, -0.05) is 112 Å². The summed E-state index contributed by atoms with van der Waals surface area (Å²) in [6.45, 7) is 14.3. The third-order valence-corrected chi connectivity index (χ3v) is 22.0. The van der Waals surface area contributed by atoms with Crippen molar-refractivity contribution in [2.75, 3.05) is 30.9 Å². The SMILES string of the molecule is CC(=O)CBr.CC(=O)CSc1ccc(Br)cc1.CC(=O)Cl.CC(=O)c1sc2ccc(Br)cc2c1C.Cc1c(-c2ccnc(N)n2)sc2ccc(Br)cc12.Cc1c(C(=O)/C=C/N(C)C)sc2ccc(Br)cc12.Cc1csc2ccc(Br)cc12.O=S(=O)(O)O.Sc1ccc(Br)cc1.[Cl][Al]([Cl])[Cl]. The van der Waals surface area contributed by atoms with Crippen LogP contribution in [0.2, 0.25) is 0 Å². The summed E-state index contributed by atoms with van der Waals surface area (Å²) >= 11 is 38.7. The second-order valence-electron chi connectivity index (χ2n) is 20.1. The number of nitrogens with zero attached hydrogens (tertiary/aromatic N) is 3. The van der Waals surface area contributed by atoms with Crippen LogP contribution in [0.3, 0.4) is 0 Å². The van der Waals surface area contributed by atoms with Crippen molar-refractivity contribution in [3.63, 3.8) is 0 Å². The molecular weight excluding hydrogens is 1960 g/mol. The van der Waals surface area contributed by atoms with Gasteiger partial charge >= 0.3 is 21.8 Å². The van der Waals surface area contributed by atoms with E-state index >= 15 is 0 Å². The lowest BCUT2D eigenvalue weighted by Crippen LogP contribution is -2.02. The number of nitrogens with two attached hydrogens (primary N) is 1. The van der Waals surface area contributed by atoms with Crippen molar-refractivity contribution in [1.29, 1.82) is 0 Å². The normalized spacial score (nSPS) is 10.2. The number of halogens is 11. The minimum Gasteiger partial charge on any atom is -0.383 e. The Labute approximate surface area is 683 Å². The van der Waals surface area contributed by atoms with E-state index in [0.717, 1.165) is 78.2 Å². The summed E-state index contributed by atoms with van der Waals surface area (Å²) in [7, 11) is 14.0. The third-order valence-electron chi connectivity index (χ3n) is 11.7. The average molecular weight is 2020 g/mol. The van der Waals surface area contributed by atoms with Gasteiger partial charge in [0.25, 0.3) is 0 Å². The number of anilines is 1. The summed E-state index contributed by atoms with van der Waals surface area (Å²) in [5, 5.41) is 7.25. The summed E-state index contributed by atoms with van der Waals surface area (Å²) in [4.78, 5) is 68.1. The number of aryl methyl sites for hydroxylation is 4. The molecule has 528 valence electrons. The summed E-state index contributed by atoms with van der Waals surface area (Å²) in [5.74, 6) is 1.47. The van der Waals surface area contributed by atoms with Crippen LogP contribution in [-0.2, 0) is 24.8 Å². The number of alkyl halides is 1. The van der Waals surface area contributed by atoms with Crippen LogP contribution in [0.15, 0.2) is 188 Å². The molecular formula is C67H64AlBr7Cl4N4O9S7. The first-order chi connectivity index (χ1) is 46.2. The van der Waals surface area contributed by atoms with Crippen LogP contribution in [0.5, 0.6) is 0 Å². The number of nitrogen functional groups attached to an aromatic ring is 1. The minimum absolute atomic E-state index is 0.0681. The molecule has 5 heterocycles. The number of ketones is 4. The lowest BCUT2D eigenvalue weighted by molar-refractivity contribution is -0.115.